The zero-order chi connectivity index (χ0) is 19.0. The molecular formula is C16H16ClN3O6. The molecule has 0 saturated carbocycles. The minimum absolute atomic E-state index is 0.0277. The number of nitrogens with zero attached hydrogens (tertiary/aromatic N) is 3. The van der Waals surface area contributed by atoms with Crippen molar-refractivity contribution in [1.29, 1.82) is 0 Å². The molecule has 26 heavy (non-hydrogen) atoms. The number of esters is 1. The van der Waals surface area contributed by atoms with Crippen LogP contribution in [0.15, 0.2) is 18.2 Å². The average molecular weight is 382 g/mol. The third-order valence-electron chi connectivity index (χ3n) is 4.50. The topological polar surface area (TPSA) is 110 Å². The third kappa shape index (κ3) is 2.98. The highest BCUT2D eigenvalue weighted by Gasteiger charge is 2.50. The van der Waals surface area contributed by atoms with Crippen LogP contribution in [0.3, 0.4) is 0 Å². The number of nitro benzene ring substituents is 1. The van der Waals surface area contributed by atoms with Crippen LogP contribution in [0, 0.1) is 10.1 Å². The second-order valence-electron chi connectivity index (χ2n) is 5.98. The number of fused-ring (bicyclic) bond motifs is 1. The number of nitro groups is 1. The van der Waals surface area contributed by atoms with Gasteiger partial charge in [-0.05, 0) is 31.9 Å². The number of hydrogen-bond acceptors (Lipinski definition) is 6. The van der Waals surface area contributed by atoms with Crippen molar-refractivity contribution >= 4 is 40.8 Å². The van der Waals surface area contributed by atoms with E-state index in [1.807, 2.05) is 0 Å². The van der Waals surface area contributed by atoms with E-state index in [-0.39, 0.29) is 23.0 Å². The monoisotopic (exact) mass is 381 g/mol. The number of hydrogen-bond donors (Lipinski definition) is 0. The van der Waals surface area contributed by atoms with Crippen LogP contribution >= 0.6 is 11.6 Å². The Morgan fingerprint density at radius 2 is 2.12 bits per heavy atom. The van der Waals surface area contributed by atoms with E-state index >= 15 is 0 Å². The summed E-state index contributed by atoms with van der Waals surface area (Å²) in [7, 11) is 0. The highest BCUT2D eigenvalue weighted by atomic mass is 35.5. The van der Waals surface area contributed by atoms with Crippen molar-refractivity contribution in [3.05, 3.63) is 33.3 Å². The molecule has 0 radical (unpaired) electrons. The van der Waals surface area contributed by atoms with Crippen LogP contribution in [-0.4, -0.2) is 52.8 Å². The molecule has 0 aliphatic carbocycles. The number of anilines is 1. The largest absolute Gasteiger partial charge is 0.464 e. The molecule has 0 bridgehead atoms. The average Bonchev–Trinajstić information content (AvgIpc) is 3.04. The van der Waals surface area contributed by atoms with Crippen LogP contribution in [0.4, 0.5) is 11.4 Å². The quantitative estimate of drug-likeness (QED) is 0.444. The van der Waals surface area contributed by atoms with Crippen LogP contribution in [0.2, 0.25) is 5.02 Å². The van der Waals surface area contributed by atoms with Crippen LogP contribution in [0.5, 0.6) is 0 Å². The molecule has 0 aromatic heterocycles. The Labute approximate surface area is 153 Å². The number of carbonyl (C=O) groups is 3. The van der Waals surface area contributed by atoms with Gasteiger partial charge in [-0.1, -0.05) is 11.6 Å². The Morgan fingerprint density at radius 3 is 2.77 bits per heavy atom. The van der Waals surface area contributed by atoms with Crippen LogP contribution in [0.1, 0.15) is 19.8 Å². The molecule has 2 unspecified atom stereocenters. The summed E-state index contributed by atoms with van der Waals surface area (Å²) in [5.74, 6) is -1.47. The van der Waals surface area contributed by atoms with Crippen molar-refractivity contribution in [2.75, 3.05) is 18.1 Å². The number of amides is 2. The third-order valence-corrected chi connectivity index (χ3v) is 4.74. The normalized spacial score (nSPS) is 22.4. The van der Waals surface area contributed by atoms with Crippen molar-refractivity contribution < 1.29 is 24.0 Å². The smallest absolute Gasteiger partial charge is 0.328 e. The van der Waals surface area contributed by atoms with E-state index in [1.54, 1.807) is 6.92 Å². The van der Waals surface area contributed by atoms with Gasteiger partial charge < -0.3 is 9.64 Å². The number of benzene rings is 1. The van der Waals surface area contributed by atoms with Gasteiger partial charge in [0, 0.05) is 11.1 Å². The lowest BCUT2D eigenvalue weighted by atomic mass is 10.1. The fourth-order valence-corrected chi connectivity index (χ4v) is 3.58. The maximum Gasteiger partial charge on any atom is 0.328 e. The Balaban J connectivity index is 1.93. The first-order chi connectivity index (χ1) is 12.3. The van der Waals surface area contributed by atoms with E-state index in [0.717, 1.165) is 4.90 Å². The fraction of sp³-hybridized carbons (Fsp3) is 0.438. The van der Waals surface area contributed by atoms with Gasteiger partial charge in [-0.15, -0.1) is 0 Å². The Bertz CT molecular complexity index is 798. The number of carbonyl (C=O) groups excluding carboxylic acids is 3. The number of ether oxygens (including phenoxy) is 1. The van der Waals surface area contributed by atoms with Gasteiger partial charge in [0.1, 0.15) is 24.3 Å². The predicted molar refractivity (Wildman–Crippen MR) is 90.7 cm³/mol. The summed E-state index contributed by atoms with van der Waals surface area (Å²) in [6.45, 7) is 1.44. The number of rotatable bonds is 4. The molecule has 1 aromatic carbocycles. The number of halogens is 1. The van der Waals surface area contributed by atoms with Gasteiger partial charge >= 0.3 is 5.97 Å². The molecule has 2 saturated heterocycles. The highest BCUT2D eigenvalue weighted by Crippen LogP contribution is 2.36. The molecule has 2 heterocycles. The first kappa shape index (κ1) is 18.1. The van der Waals surface area contributed by atoms with E-state index < -0.39 is 41.3 Å². The van der Waals surface area contributed by atoms with Crippen LogP contribution in [0.25, 0.3) is 0 Å². The lowest BCUT2D eigenvalue weighted by Gasteiger charge is -2.38. The molecule has 1 aromatic rings. The molecule has 0 N–H and O–H groups in total. The molecule has 10 heteroatoms. The van der Waals surface area contributed by atoms with Gasteiger partial charge in [-0.25, -0.2) is 4.79 Å². The van der Waals surface area contributed by atoms with Gasteiger partial charge in [0.15, 0.2) is 0 Å². The Kier molecular flexibility index (Phi) is 4.82. The lowest BCUT2D eigenvalue weighted by molar-refractivity contribution is -0.384. The van der Waals surface area contributed by atoms with Crippen LogP contribution in [-0.2, 0) is 19.1 Å². The van der Waals surface area contributed by atoms with Crippen molar-refractivity contribution in [3.8, 4) is 0 Å². The van der Waals surface area contributed by atoms with E-state index in [4.69, 9.17) is 16.3 Å². The molecule has 0 spiro atoms. The summed E-state index contributed by atoms with van der Waals surface area (Å²) in [4.78, 5) is 50.5. The molecule has 138 valence electrons. The highest BCUT2D eigenvalue weighted by molar-refractivity contribution is 6.31. The van der Waals surface area contributed by atoms with Crippen molar-refractivity contribution in [2.45, 2.75) is 31.8 Å². The second-order valence-corrected chi connectivity index (χ2v) is 6.41. The summed E-state index contributed by atoms with van der Waals surface area (Å²) >= 11 is 5.92. The summed E-state index contributed by atoms with van der Waals surface area (Å²) in [5.41, 5.74) is -0.343. The zero-order valence-corrected chi connectivity index (χ0v) is 14.6. The fourth-order valence-electron chi connectivity index (χ4n) is 3.42. The first-order valence-corrected chi connectivity index (χ1v) is 8.46. The zero-order valence-electron chi connectivity index (χ0n) is 13.9. The first-order valence-electron chi connectivity index (χ1n) is 8.08. The van der Waals surface area contributed by atoms with Gasteiger partial charge in [-0.3, -0.25) is 24.6 Å². The maximum atomic E-state index is 12.9. The summed E-state index contributed by atoms with van der Waals surface area (Å²) < 4.78 is 4.97. The molecular weight excluding hydrogens is 366 g/mol. The predicted octanol–water partition coefficient (Wildman–Crippen LogP) is 1.52. The van der Waals surface area contributed by atoms with E-state index in [0.29, 0.717) is 12.8 Å². The molecule has 2 fully saturated rings. The lowest BCUT2D eigenvalue weighted by Crippen LogP contribution is -2.60. The molecule has 2 aliphatic heterocycles. The summed E-state index contributed by atoms with van der Waals surface area (Å²) in [5, 5.41) is 11.5. The Hall–Kier alpha value is -2.68. The summed E-state index contributed by atoms with van der Waals surface area (Å²) in [6.07, 6.45) is 0.603. The SMILES string of the molecule is CCOC(=O)C1CCC2C(=O)N(c3cc(Cl)ccc3[N+](=O)[O-])CC(=O)N12. The van der Waals surface area contributed by atoms with E-state index in [1.165, 1.54) is 23.1 Å². The minimum atomic E-state index is -0.843. The van der Waals surface area contributed by atoms with Crippen molar-refractivity contribution in [3.63, 3.8) is 0 Å². The van der Waals surface area contributed by atoms with Gasteiger partial charge in [0.05, 0.1) is 11.5 Å². The molecule has 2 atom stereocenters. The molecule has 2 amide bonds. The number of piperazine rings is 1. The van der Waals surface area contributed by atoms with Gasteiger partial charge in [0.2, 0.25) is 11.8 Å². The molecule has 2 aliphatic rings. The van der Waals surface area contributed by atoms with E-state index in [9.17, 15) is 24.5 Å². The Morgan fingerprint density at radius 1 is 1.38 bits per heavy atom. The van der Waals surface area contributed by atoms with Crippen LogP contribution < -0.4 is 4.90 Å². The maximum absolute atomic E-state index is 12.9. The molecule has 9 nitrogen and oxygen atoms in total. The van der Waals surface area contributed by atoms with Crippen molar-refractivity contribution in [2.24, 2.45) is 0 Å². The van der Waals surface area contributed by atoms with Gasteiger partial charge in [0.25, 0.3) is 5.69 Å². The second kappa shape index (κ2) is 6.91. The van der Waals surface area contributed by atoms with E-state index in [2.05, 4.69) is 0 Å². The standard InChI is InChI=1S/C16H16ClN3O6/c1-2-26-16(23)12-6-5-11-15(22)18(8-14(21)19(11)12)13-7-9(17)3-4-10(13)20(24)25/h3-4,7,11-12H,2,5-6,8H2,1H3. The summed E-state index contributed by atoms with van der Waals surface area (Å²) in [6, 6.07) is 2.19. The molecule has 3 rings (SSSR count). The minimum Gasteiger partial charge on any atom is -0.464 e. The van der Waals surface area contributed by atoms with Crippen molar-refractivity contribution in [1.82, 2.24) is 4.90 Å². The van der Waals surface area contributed by atoms with Gasteiger partial charge in [-0.2, -0.15) is 0 Å².